The third-order valence-electron chi connectivity index (χ3n) is 3.40. The van der Waals surface area contributed by atoms with E-state index in [1.807, 2.05) is 11.0 Å². The summed E-state index contributed by atoms with van der Waals surface area (Å²) < 4.78 is 0. The van der Waals surface area contributed by atoms with Gasteiger partial charge in [-0.2, -0.15) is 0 Å². The van der Waals surface area contributed by atoms with E-state index >= 15 is 0 Å². The van der Waals surface area contributed by atoms with Crippen molar-refractivity contribution in [2.24, 2.45) is 0 Å². The second-order valence-electron chi connectivity index (χ2n) is 5.47. The number of rotatable bonds is 3. The molecule has 1 atom stereocenters. The highest BCUT2D eigenvalue weighted by molar-refractivity contribution is 5.97. The SMILES string of the molecule is Cc1cccc(C)c1N1CC(NC(C)C)CC1=O. The van der Waals surface area contributed by atoms with Gasteiger partial charge in [-0.25, -0.2) is 0 Å². The molecule has 0 radical (unpaired) electrons. The molecule has 3 nitrogen and oxygen atoms in total. The number of carbonyl (C=O) groups is 1. The highest BCUT2D eigenvalue weighted by Crippen LogP contribution is 2.28. The van der Waals surface area contributed by atoms with Gasteiger partial charge in [0.2, 0.25) is 5.91 Å². The van der Waals surface area contributed by atoms with Gasteiger partial charge in [0, 0.05) is 30.7 Å². The summed E-state index contributed by atoms with van der Waals surface area (Å²) in [6.07, 6.45) is 0.603. The van der Waals surface area contributed by atoms with E-state index in [1.54, 1.807) is 0 Å². The number of hydrogen-bond acceptors (Lipinski definition) is 2. The van der Waals surface area contributed by atoms with Crippen molar-refractivity contribution in [3.63, 3.8) is 0 Å². The first kappa shape index (κ1) is 13.1. The molecule has 1 unspecified atom stereocenters. The number of nitrogens with zero attached hydrogens (tertiary/aromatic N) is 1. The van der Waals surface area contributed by atoms with Crippen LogP contribution in [-0.2, 0) is 4.79 Å². The number of nitrogens with one attached hydrogen (secondary N) is 1. The molecule has 98 valence electrons. The average Bonchev–Trinajstić information content (AvgIpc) is 2.58. The first-order valence-corrected chi connectivity index (χ1v) is 6.61. The van der Waals surface area contributed by atoms with Crippen LogP contribution < -0.4 is 10.2 Å². The molecular formula is C15H22N2O. The molecule has 3 heteroatoms. The van der Waals surface area contributed by atoms with Crippen LogP contribution in [0.25, 0.3) is 0 Å². The van der Waals surface area contributed by atoms with Gasteiger partial charge >= 0.3 is 0 Å². The molecule has 1 amide bonds. The van der Waals surface area contributed by atoms with E-state index in [0.29, 0.717) is 12.5 Å². The van der Waals surface area contributed by atoms with Crippen LogP contribution in [0.2, 0.25) is 0 Å². The fraction of sp³-hybridized carbons (Fsp3) is 0.533. The molecule has 18 heavy (non-hydrogen) atoms. The summed E-state index contributed by atoms with van der Waals surface area (Å²) in [6, 6.07) is 6.87. The first-order chi connectivity index (χ1) is 8.49. The van der Waals surface area contributed by atoms with E-state index in [4.69, 9.17) is 0 Å². The van der Waals surface area contributed by atoms with E-state index < -0.39 is 0 Å². The van der Waals surface area contributed by atoms with Gasteiger partial charge in [-0.05, 0) is 25.0 Å². The first-order valence-electron chi connectivity index (χ1n) is 6.61. The molecule has 1 fully saturated rings. The maximum absolute atomic E-state index is 12.2. The molecular weight excluding hydrogens is 224 g/mol. The van der Waals surface area contributed by atoms with E-state index in [-0.39, 0.29) is 11.9 Å². The lowest BCUT2D eigenvalue weighted by Crippen LogP contribution is -2.37. The van der Waals surface area contributed by atoms with Crippen molar-refractivity contribution in [1.29, 1.82) is 0 Å². The maximum Gasteiger partial charge on any atom is 0.228 e. The van der Waals surface area contributed by atoms with E-state index in [2.05, 4.69) is 45.1 Å². The van der Waals surface area contributed by atoms with Crippen molar-refractivity contribution in [1.82, 2.24) is 5.32 Å². The van der Waals surface area contributed by atoms with Gasteiger partial charge < -0.3 is 10.2 Å². The largest absolute Gasteiger partial charge is 0.310 e. The van der Waals surface area contributed by atoms with Gasteiger partial charge in [-0.15, -0.1) is 0 Å². The number of anilines is 1. The molecule has 1 aromatic rings. The molecule has 0 saturated carbocycles. The van der Waals surface area contributed by atoms with Crippen LogP contribution in [0.1, 0.15) is 31.4 Å². The van der Waals surface area contributed by atoms with Crippen LogP contribution in [0.3, 0.4) is 0 Å². The zero-order chi connectivity index (χ0) is 13.3. The smallest absolute Gasteiger partial charge is 0.228 e. The normalized spacial score (nSPS) is 19.9. The van der Waals surface area contributed by atoms with E-state index in [1.165, 1.54) is 11.1 Å². The van der Waals surface area contributed by atoms with Crippen molar-refractivity contribution >= 4 is 11.6 Å². The lowest BCUT2D eigenvalue weighted by Gasteiger charge is -2.22. The van der Waals surface area contributed by atoms with Gasteiger partial charge in [0.05, 0.1) is 0 Å². The summed E-state index contributed by atoms with van der Waals surface area (Å²) in [6.45, 7) is 9.15. The Hall–Kier alpha value is -1.35. The molecule has 0 spiro atoms. The summed E-state index contributed by atoms with van der Waals surface area (Å²) in [4.78, 5) is 14.1. The lowest BCUT2D eigenvalue weighted by molar-refractivity contribution is -0.117. The van der Waals surface area contributed by atoms with Crippen LogP contribution in [0.5, 0.6) is 0 Å². The van der Waals surface area contributed by atoms with Crippen molar-refractivity contribution in [2.45, 2.75) is 46.2 Å². The van der Waals surface area contributed by atoms with Gasteiger partial charge in [-0.3, -0.25) is 4.79 Å². The lowest BCUT2D eigenvalue weighted by atomic mass is 10.1. The van der Waals surface area contributed by atoms with Crippen LogP contribution in [-0.4, -0.2) is 24.5 Å². The zero-order valence-electron chi connectivity index (χ0n) is 11.7. The molecule has 1 aliphatic heterocycles. The van der Waals surface area contributed by atoms with Crippen molar-refractivity contribution in [3.05, 3.63) is 29.3 Å². The minimum Gasteiger partial charge on any atom is -0.310 e. The van der Waals surface area contributed by atoms with Gasteiger partial charge in [0.25, 0.3) is 0 Å². The highest BCUT2D eigenvalue weighted by atomic mass is 16.2. The molecule has 1 N–H and O–H groups in total. The number of hydrogen-bond donors (Lipinski definition) is 1. The van der Waals surface area contributed by atoms with Gasteiger partial charge in [0.15, 0.2) is 0 Å². The zero-order valence-corrected chi connectivity index (χ0v) is 11.7. The minimum absolute atomic E-state index is 0.227. The Morgan fingerprint density at radius 1 is 1.28 bits per heavy atom. The molecule has 2 rings (SSSR count). The summed E-state index contributed by atoms with van der Waals surface area (Å²) >= 11 is 0. The standard InChI is InChI=1S/C15H22N2O/c1-10(2)16-13-8-14(18)17(9-13)15-11(3)6-5-7-12(15)4/h5-7,10,13,16H,8-9H2,1-4H3. The maximum atomic E-state index is 12.2. The fourth-order valence-electron chi connectivity index (χ4n) is 2.74. The molecule has 1 aliphatic rings. The van der Waals surface area contributed by atoms with Crippen molar-refractivity contribution in [3.8, 4) is 0 Å². The second-order valence-corrected chi connectivity index (χ2v) is 5.47. The Morgan fingerprint density at radius 2 is 1.89 bits per heavy atom. The van der Waals surface area contributed by atoms with Gasteiger partial charge in [-0.1, -0.05) is 32.0 Å². The van der Waals surface area contributed by atoms with E-state index in [9.17, 15) is 4.79 Å². The predicted octanol–water partition coefficient (Wildman–Crippen LogP) is 2.41. The van der Waals surface area contributed by atoms with Crippen LogP contribution in [0.15, 0.2) is 18.2 Å². The Morgan fingerprint density at radius 3 is 2.44 bits per heavy atom. The topological polar surface area (TPSA) is 32.3 Å². The molecule has 1 aromatic carbocycles. The van der Waals surface area contributed by atoms with Crippen LogP contribution in [0.4, 0.5) is 5.69 Å². The number of benzene rings is 1. The summed E-state index contributed by atoms with van der Waals surface area (Å²) in [5, 5.41) is 3.45. The number of amides is 1. The second kappa shape index (κ2) is 5.11. The quantitative estimate of drug-likeness (QED) is 0.888. The Labute approximate surface area is 109 Å². The fourth-order valence-corrected chi connectivity index (χ4v) is 2.74. The summed E-state index contributed by atoms with van der Waals surface area (Å²) in [7, 11) is 0. The molecule has 0 aliphatic carbocycles. The molecule has 0 aromatic heterocycles. The molecule has 0 bridgehead atoms. The summed E-state index contributed by atoms with van der Waals surface area (Å²) in [5.41, 5.74) is 3.44. The van der Waals surface area contributed by atoms with Crippen molar-refractivity contribution < 1.29 is 4.79 Å². The molecule has 1 heterocycles. The average molecular weight is 246 g/mol. The van der Waals surface area contributed by atoms with Crippen LogP contribution >= 0.6 is 0 Å². The predicted molar refractivity (Wildman–Crippen MR) is 74.9 cm³/mol. The Bertz CT molecular complexity index is 434. The monoisotopic (exact) mass is 246 g/mol. The Balaban J connectivity index is 2.22. The molecule has 1 saturated heterocycles. The third-order valence-corrected chi connectivity index (χ3v) is 3.40. The number of para-hydroxylation sites is 1. The highest BCUT2D eigenvalue weighted by Gasteiger charge is 2.31. The number of carbonyl (C=O) groups excluding carboxylic acids is 1. The van der Waals surface area contributed by atoms with Crippen molar-refractivity contribution in [2.75, 3.05) is 11.4 Å². The third kappa shape index (κ3) is 2.56. The minimum atomic E-state index is 0.227. The van der Waals surface area contributed by atoms with Crippen LogP contribution in [0, 0.1) is 13.8 Å². The Kier molecular flexibility index (Phi) is 3.71. The van der Waals surface area contributed by atoms with Gasteiger partial charge in [0.1, 0.15) is 0 Å². The van der Waals surface area contributed by atoms with E-state index in [0.717, 1.165) is 12.2 Å². The summed E-state index contributed by atoms with van der Waals surface area (Å²) in [5.74, 6) is 0.227. The number of aryl methyl sites for hydroxylation is 2.